The van der Waals surface area contributed by atoms with E-state index in [1.807, 2.05) is 49.4 Å². The molecule has 3 amide bonds. The smallest absolute Gasteiger partial charge is 0.338 e. The summed E-state index contributed by atoms with van der Waals surface area (Å²) < 4.78 is 5.28. The van der Waals surface area contributed by atoms with Crippen LogP contribution in [0.5, 0.6) is 0 Å². The van der Waals surface area contributed by atoms with Crippen LogP contribution in [0, 0.1) is 0 Å². The van der Waals surface area contributed by atoms with Gasteiger partial charge in [0.05, 0.1) is 12.2 Å². The van der Waals surface area contributed by atoms with Gasteiger partial charge in [-0.05, 0) is 96.4 Å². The van der Waals surface area contributed by atoms with Gasteiger partial charge in [-0.3, -0.25) is 14.4 Å². The molecule has 51 heavy (non-hydrogen) atoms. The molecule has 0 heterocycles. The zero-order valence-corrected chi connectivity index (χ0v) is 29.4. The number of anilines is 2. The summed E-state index contributed by atoms with van der Waals surface area (Å²) in [6, 6.07) is 38.7. The van der Waals surface area contributed by atoms with Gasteiger partial charge in [0.2, 0.25) is 5.91 Å². The Morgan fingerprint density at radius 3 is 2.06 bits per heavy atom. The van der Waals surface area contributed by atoms with E-state index in [1.165, 1.54) is 11.8 Å². The molecule has 5 rings (SSSR count). The van der Waals surface area contributed by atoms with Crippen LogP contribution >= 0.6 is 23.4 Å². The molecule has 8 nitrogen and oxygen atoms in total. The minimum absolute atomic E-state index is 0.0341. The van der Waals surface area contributed by atoms with E-state index in [4.69, 9.17) is 16.3 Å². The van der Waals surface area contributed by atoms with E-state index < -0.39 is 23.0 Å². The second-order valence-corrected chi connectivity index (χ2v) is 13.0. The van der Waals surface area contributed by atoms with Crippen molar-refractivity contribution in [2.75, 3.05) is 17.2 Å². The van der Waals surface area contributed by atoms with Crippen LogP contribution in [0.25, 0.3) is 6.08 Å². The molecule has 10 heteroatoms. The molecule has 0 aliphatic heterocycles. The van der Waals surface area contributed by atoms with Gasteiger partial charge in [0.15, 0.2) is 0 Å². The number of hydrogen-bond donors (Lipinski definition) is 3. The average Bonchev–Trinajstić information content (AvgIpc) is 3.15. The third kappa shape index (κ3) is 10.9. The number of benzene rings is 5. The van der Waals surface area contributed by atoms with Crippen molar-refractivity contribution in [3.63, 3.8) is 0 Å². The Balaban J connectivity index is 1.28. The molecule has 0 aromatic heterocycles. The van der Waals surface area contributed by atoms with Gasteiger partial charge >= 0.3 is 5.97 Å². The van der Waals surface area contributed by atoms with E-state index >= 15 is 0 Å². The molecular formula is C41H36ClN3O5S. The first-order valence-corrected chi connectivity index (χ1v) is 17.6. The number of thioether (sulfide) groups is 1. The number of unbranched alkanes of at least 4 members (excludes halogenated alkanes) is 1. The van der Waals surface area contributed by atoms with Crippen molar-refractivity contribution in [2.45, 2.75) is 29.9 Å². The second-order valence-electron chi connectivity index (χ2n) is 11.4. The Labute approximate surface area is 306 Å². The fourth-order valence-electron chi connectivity index (χ4n) is 4.85. The number of hydrogen-bond acceptors (Lipinski definition) is 6. The van der Waals surface area contributed by atoms with E-state index in [1.54, 1.807) is 97.1 Å². The second kappa shape index (κ2) is 18.4. The van der Waals surface area contributed by atoms with Gasteiger partial charge in [0, 0.05) is 26.9 Å². The predicted molar refractivity (Wildman–Crippen MR) is 204 cm³/mol. The number of carbonyl (C=O) groups is 4. The monoisotopic (exact) mass is 717 g/mol. The first-order chi connectivity index (χ1) is 24.8. The maximum Gasteiger partial charge on any atom is 0.338 e. The highest BCUT2D eigenvalue weighted by molar-refractivity contribution is 8.00. The van der Waals surface area contributed by atoms with Gasteiger partial charge in [-0.25, -0.2) is 4.79 Å². The minimum Gasteiger partial charge on any atom is -0.462 e. The lowest BCUT2D eigenvalue weighted by atomic mass is 10.1. The molecule has 0 saturated carbocycles. The van der Waals surface area contributed by atoms with E-state index in [9.17, 15) is 19.2 Å². The molecule has 5 aromatic rings. The predicted octanol–water partition coefficient (Wildman–Crippen LogP) is 9.18. The lowest BCUT2D eigenvalue weighted by Crippen LogP contribution is -2.30. The maximum atomic E-state index is 13.6. The Morgan fingerprint density at radius 2 is 1.39 bits per heavy atom. The van der Waals surface area contributed by atoms with E-state index in [-0.39, 0.29) is 11.6 Å². The van der Waals surface area contributed by atoms with E-state index in [0.29, 0.717) is 39.7 Å². The summed E-state index contributed by atoms with van der Waals surface area (Å²) in [5.41, 5.74) is 3.33. The number of esters is 1. The largest absolute Gasteiger partial charge is 0.462 e. The summed E-state index contributed by atoms with van der Waals surface area (Å²) in [6.45, 7) is 2.39. The number of ether oxygens (including phenoxy) is 1. The van der Waals surface area contributed by atoms with E-state index in [0.717, 1.165) is 23.3 Å². The molecule has 0 aliphatic rings. The molecule has 1 unspecified atom stereocenters. The molecule has 0 spiro atoms. The summed E-state index contributed by atoms with van der Waals surface area (Å²) in [7, 11) is 0. The number of amides is 3. The van der Waals surface area contributed by atoms with Gasteiger partial charge in [0.1, 0.15) is 10.9 Å². The number of rotatable bonds is 14. The molecule has 0 fully saturated rings. The van der Waals surface area contributed by atoms with Gasteiger partial charge < -0.3 is 20.7 Å². The van der Waals surface area contributed by atoms with Crippen molar-refractivity contribution < 1.29 is 23.9 Å². The molecule has 0 radical (unpaired) electrons. The highest BCUT2D eigenvalue weighted by Gasteiger charge is 2.23. The molecule has 3 N–H and O–H groups in total. The van der Waals surface area contributed by atoms with Crippen molar-refractivity contribution in [3.05, 3.63) is 166 Å². The molecule has 0 saturated heterocycles. The van der Waals surface area contributed by atoms with Crippen molar-refractivity contribution in [1.29, 1.82) is 0 Å². The highest BCUT2D eigenvalue weighted by Crippen LogP contribution is 2.37. The van der Waals surface area contributed by atoms with Crippen LogP contribution < -0.4 is 16.0 Å². The third-order valence-corrected chi connectivity index (χ3v) is 9.02. The van der Waals surface area contributed by atoms with Gasteiger partial charge in [-0.1, -0.05) is 85.6 Å². The lowest BCUT2D eigenvalue weighted by molar-refractivity contribution is -0.116. The van der Waals surface area contributed by atoms with Crippen LogP contribution in [-0.4, -0.2) is 30.3 Å². The number of nitrogens with one attached hydrogen (secondary N) is 3. The standard InChI is InChI=1S/C41H36ClN3O5S/c1-2-3-25-50-41(49)31-17-19-33(20-18-31)44-40(48)37(29-12-6-4-7-13-29)51-35-23-21-34(22-24-35)43-39(47)36(27-28-11-10-16-32(42)26-28)45-38(46)30-14-8-5-9-15-30/h4-24,26-27,37H,2-3,25H2,1H3,(H,43,47)(H,44,48)(H,45,46)/b36-27-. The van der Waals surface area contributed by atoms with Crippen molar-refractivity contribution in [1.82, 2.24) is 5.32 Å². The molecule has 1 atom stereocenters. The van der Waals surface area contributed by atoms with Crippen LogP contribution in [-0.2, 0) is 14.3 Å². The minimum atomic E-state index is -0.606. The zero-order chi connectivity index (χ0) is 36.0. The lowest BCUT2D eigenvalue weighted by Gasteiger charge is -2.18. The average molecular weight is 718 g/mol. The fraction of sp³-hybridized carbons (Fsp3) is 0.122. The number of halogens is 1. The van der Waals surface area contributed by atoms with Crippen LogP contribution in [0.1, 0.15) is 56.9 Å². The normalized spacial score (nSPS) is 11.6. The zero-order valence-electron chi connectivity index (χ0n) is 27.8. The summed E-state index contributed by atoms with van der Waals surface area (Å²) >= 11 is 7.52. The molecule has 0 bridgehead atoms. The fourth-order valence-corrected chi connectivity index (χ4v) is 6.07. The van der Waals surface area contributed by atoms with Crippen LogP contribution in [0.2, 0.25) is 5.02 Å². The van der Waals surface area contributed by atoms with E-state index in [2.05, 4.69) is 16.0 Å². The molecule has 5 aromatic carbocycles. The molecule has 258 valence electrons. The molecular weight excluding hydrogens is 682 g/mol. The van der Waals surface area contributed by atoms with Gasteiger partial charge in [-0.2, -0.15) is 0 Å². The Kier molecular flexibility index (Phi) is 13.2. The number of carbonyl (C=O) groups excluding carboxylic acids is 4. The summed E-state index contributed by atoms with van der Waals surface area (Å²) in [5, 5.41) is 8.42. The summed E-state index contributed by atoms with van der Waals surface area (Å²) in [6.07, 6.45) is 3.29. The SMILES string of the molecule is CCCCOC(=O)c1ccc(NC(=O)C(Sc2ccc(NC(=O)/C(=C/c3cccc(Cl)c3)NC(=O)c3ccccc3)cc2)c2ccccc2)cc1. The Morgan fingerprint density at radius 1 is 0.745 bits per heavy atom. The Hall–Kier alpha value is -5.64. The van der Waals surface area contributed by atoms with Gasteiger partial charge in [0.25, 0.3) is 11.8 Å². The summed E-state index contributed by atoms with van der Waals surface area (Å²) in [5.74, 6) is -1.60. The topological polar surface area (TPSA) is 114 Å². The highest BCUT2D eigenvalue weighted by atomic mass is 35.5. The van der Waals surface area contributed by atoms with Crippen molar-refractivity contribution >= 4 is 64.5 Å². The van der Waals surface area contributed by atoms with Gasteiger partial charge in [-0.15, -0.1) is 11.8 Å². The van der Waals surface area contributed by atoms with Crippen LogP contribution in [0.3, 0.4) is 0 Å². The van der Waals surface area contributed by atoms with Crippen LogP contribution in [0.15, 0.2) is 144 Å². The van der Waals surface area contributed by atoms with Crippen molar-refractivity contribution in [3.8, 4) is 0 Å². The van der Waals surface area contributed by atoms with Crippen LogP contribution in [0.4, 0.5) is 11.4 Å². The summed E-state index contributed by atoms with van der Waals surface area (Å²) in [4.78, 5) is 53.2. The first-order valence-electron chi connectivity index (χ1n) is 16.3. The quantitative estimate of drug-likeness (QED) is 0.0457. The third-order valence-electron chi connectivity index (χ3n) is 7.51. The van der Waals surface area contributed by atoms with Crippen molar-refractivity contribution in [2.24, 2.45) is 0 Å². The maximum absolute atomic E-state index is 13.6. The Bertz CT molecular complexity index is 1990. The first kappa shape index (κ1) is 36.6. The molecule has 0 aliphatic carbocycles.